The van der Waals surface area contributed by atoms with E-state index in [4.69, 9.17) is 27.9 Å². The third kappa shape index (κ3) is 7.37. The molecule has 0 bridgehead atoms. The van der Waals surface area contributed by atoms with Gasteiger partial charge in [-0.3, -0.25) is 9.10 Å². The summed E-state index contributed by atoms with van der Waals surface area (Å²) in [5.41, 5.74) is 1.23. The highest BCUT2D eigenvalue weighted by Crippen LogP contribution is 2.35. The zero-order valence-corrected chi connectivity index (χ0v) is 21.9. The van der Waals surface area contributed by atoms with Crippen LogP contribution in [0.15, 0.2) is 77.7 Å². The first kappa shape index (κ1) is 26.9. The number of anilines is 1. The number of nitrogens with zero attached hydrogens (tertiary/aromatic N) is 1. The summed E-state index contributed by atoms with van der Waals surface area (Å²) >= 11 is 12.5. The van der Waals surface area contributed by atoms with Gasteiger partial charge >= 0.3 is 0 Å². The summed E-state index contributed by atoms with van der Waals surface area (Å²) in [5, 5.41) is 3.06. The Morgan fingerprint density at radius 1 is 1.00 bits per heavy atom. The number of halogens is 2. The lowest BCUT2D eigenvalue weighted by atomic mass is 10.1. The van der Waals surface area contributed by atoms with Gasteiger partial charge in [-0.15, -0.1) is 0 Å². The quantitative estimate of drug-likeness (QED) is 0.319. The molecule has 0 unspecified atom stereocenters. The van der Waals surface area contributed by atoms with Crippen LogP contribution < -0.4 is 14.4 Å². The molecule has 0 heterocycles. The lowest BCUT2D eigenvalue weighted by Crippen LogP contribution is -2.41. The minimum absolute atomic E-state index is 0.0485. The molecule has 0 radical (unpaired) electrons. The van der Waals surface area contributed by atoms with E-state index in [1.165, 1.54) is 18.2 Å². The summed E-state index contributed by atoms with van der Waals surface area (Å²) < 4.78 is 33.5. The fourth-order valence-corrected chi connectivity index (χ4v) is 5.36. The molecule has 186 valence electrons. The molecular formula is C26H28Cl2N2O4S. The van der Waals surface area contributed by atoms with Crippen LogP contribution in [0.5, 0.6) is 5.75 Å². The molecule has 3 aromatic rings. The lowest BCUT2D eigenvalue weighted by Gasteiger charge is -2.25. The molecule has 35 heavy (non-hydrogen) atoms. The van der Waals surface area contributed by atoms with Crippen LogP contribution in [0.25, 0.3) is 0 Å². The predicted molar refractivity (Wildman–Crippen MR) is 141 cm³/mol. The molecule has 0 aliphatic rings. The fourth-order valence-electron chi connectivity index (χ4n) is 3.46. The Balaban J connectivity index is 1.68. The topological polar surface area (TPSA) is 75.7 Å². The van der Waals surface area contributed by atoms with Crippen molar-refractivity contribution >= 4 is 44.8 Å². The van der Waals surface area contributed by atoms with Gasteiger partial charge in [0.2, 0.25) is 5.91 Å². The number of nitrogens with one attached hydrogen (secondary N) is 1. The molecule has 0 spiro atoms. The minimum Gasteiger partial charge on any atom is -0.491 e. The highest BCUT2D eigenvalue weighted by Gasteiger charge is 2.29. The Morgan fingerprint density at radius 3 is 2.43 bits per heavy atom. The van der Waals surface area contributed by atoms with Crippen LogP contribution in [-0.4, -0.2) is 33.5 Å². The van der Waals surface area contributed by atoms with E-state index in [0.717, 1.165) is 22.0 Å². The van der Waals surface area contributed by atoms with Gasteiger partial charge in [0.1, 0.15) is 12.3 Å². The monoisotopic (exact) mass is 534 g/mol. The van der Waals surface area contributed by atoms with E-state index in [9.17, 15) is 13.2 Å². The van der Waals surface area contributed by atoms with Crippen LogP contribution in [0.1, 0.15) is 25.8 Å². The molecule has 0 atom stereocenters. The van der Waals surface area contributed by atoms with Crippen molar-refractivity contribution in [3.63, 3.8) is 0 Å². The molecule has 0 aromatic heterocycles. The number of sulfonamides is 1. The van der Waals surface area contributed by atoms with Gasteiger partial charge in [-0.05, 0) is 68.7 Å². The van der Waals surface area contributed by atoms with E-state index in [1.54, 1.807) is 30.3 Å². The van der Waals surface area contributed by atoms with Gasteiger partial charge < -0.3 is 10.1 Å². The molecule has 0 aliphatic heterocycles. The van der Waals surface area contributed by atoms with Crippen LogP contribution in [0.2, 0.25) is 10.0 Å². The summed E-state index contributed by atoms with van der Waals surface area (Å²) in [6, 6.07) is 20.4. The Morgan fingerprint density at radius 2 is 1.71 bits per heavy atom. The van der Waals surface area contributed by atoms with Crippen LogP contribution in [0.3, 0.4) is 0 Å². The number of hydrogen-bond acceptors (Lipinski definition) is 4. The maximum atomic E-state index is 13.4. The molecule has 3 aromatic carbocycles. The standard InChI is InChI=1S/C26H28Cl2N2O4S/c1-19(2)34-21-11-6-9-20(17-21)10-8-16-29-25(31)18-30(24-15-7-14-23(27)26(24)28)35(32,33)22-12-4-3-5-13-22/h3-7,9,11-15,17,19H,8,10,16,18H2,1-2H3,(H,29,31). The molecule has 3 rings (SSSR count). The third-order valence-corrected chi connectivity index (χ3v) is 7.64. The summed E-state index contributed by atoms with van der Waals surface area (Å²) in [4.78, 5) is 12.8. The summed E-state index contributed by atoms with van der Waals surface area (Å²) in [5.74, 6) is 0.360. The second-order valence-electron chi connectivity index (χ2n) is 8.17. The number of carbonyl (C=O) groups is 1. The van der Waals surface area contributed by atoms with Crippen molar-refractivity contribution < 1.29 is 17.9 Å². The first-order valence-corrected chi connectivity index (χ1v) is 13.4. The van der Waals surface area contributed by atoms with Crippen molar-refractivity contribution in [1.29, 1.82) is 0 Å². The van der Waals surface area contributed by atoms with Crippen LogP contribution >= 0.6 is 23.2 Å². The minimum atomic E-state index is -4.06. The first-order valence-electron chi connectivity index (χ1n) is 11.2. The normalized spacial score (nSPS) is 11.3. The van der Waals surface area contributed by atoms with E-state index in [-0.39, 0.29) is 26.7 Å². The zero-order chi connectivity index (χ0) is 25.4. The van der Waals surface area contributed by atoms with E-state index in [1.807, 2.05) is 38.1 Å². The number of aryl methyl sites for hydroxylation is 1. The molecular weight excluding hydrogens is 507 g/mol. The van der Waals surface area contributed by atoms with Crippen LogP contribution in [0, 0.1) is 0 Å². The largest absolute Gasteiger partial charge is 0.491 e. The number of hydrogen-bond donors (Lipinski definition) is 1. The lowest BCUT2D eigenvalue weighted by molar-refractivity contribution is -0.119. The molecule has 0 fully saturated rings. The van der Waals surface area contributed by atoms with Gasteiger partial charge in [0.25, 0.3) is 10.0 Å². The molecule has 0 saturated carbocycles. The van der Waals surface area contributed by atoms with Crippen molar-refractivity contribution in [2.75, 3.05) is 17.4 Å². The highest BCUT2D eigenvalue weighted by molar-refractivity contribution is 7.92. The average molecular weight is 535 g/mol. The Bertz CT molecular complexity index is 1250. The van der Waals surface area contributed by atoms with E-state index in [2.05, 4.69) is 5.32 Å². The van der Waals surface area contributed by atoms with E-state index < -0.39 is 22.5 Å². The van der Waals surface area contributed by atoms with Crippen molar-refractivity contribution in [3.8, 4) is 5.75 Å². The molecule has 1 N–H and O–H groups in total. The molecule has 9 heteroatoms. The maximum absolute atomic E-state index is 13.4. The SMILES string of the molecule is CC(C)Oc1cccc(CCCNC(=O)CN(c2cccc(Cl)c2Cl)S(=O)(=O)c2ccccc2)c1. The average Bonchev–Trinajstić information content (AvgIpc) is 2.83. The van der Waals surface area contributed by atoms with Crippen molar-refractivity contribution in [1.82, 2.24) is 5.32 Å². The Hall–Kier alpha value is -2.74. The maximum Gasteiger partial charge on any atom is 0.264 e. The molecule has 0 saturated heterocycles. The molecule has 1 amide bonds. The number of ether oxygens (including phenoxy) is 1. The Labute approximate surface area is 216 Å². The third-order valence-electron chi connectivity index (χ3n) is 5.05. The van der Waals surface area contributed by atoms with Crippen molar-refractivity contribution in [3.05, 3.63) is 88.4 Å². The summed E-state index contributed by atoms with van der Waals surface area (Å²) in [7, 11) is -4.06. The van der Waals surface area contributed by atoms with Crippen LogP contribution in [-0.2, 0) is 21.2 Å². The summed E-state index contributed by atoms with van der Waals surface area (Å²) in [6.07, 6.45) is 1.51. The van der Waals surface area contributed by atoms with Gasteiger partial charge in [-0.25, -0.2) is 8.42 Å². The fraction of sp³-hybridized carbons (Fsp3) is 0.269. The van der Waals surface area contributed by atoms with E-state index in [0.29, 0.717) is 13.0 Å². The number of rotatable bonds is 11. The number of amides is 1. The number of carbonyl (C=O) groups excluding carboxylic acids is 1. The smallest absolute Gasteiger partial charge is 0.264 e. The second-order valence-corrected chi connectivity index (χ2v) is 10.8. The first-order chi connectivity index (χ1) is 16.7. The number of benzene rings is 3. The van der Waals surface area contributed by atoms with Gasteiger partial charge in [0, 0.05) is 6.54 Å². The Kier molecular flexibility index (Phi) is 9.43. The van der Waals surface area contributed by atoms with Crippen LogP contribution in [0.4, 0.5) is 5.69 Å². The predicted octanol–water partition coefficient (Wildman–Crippen LogP) is 5.72. The van der Waals surface area contributed by atoms with Gasteiger partial charge in [0.15, 0.2) is 0 Å². The van der Waals surface area contributed by atoms with Gasteiger partial charge in [-0.2, -0.15) is 0 Å². The van der Waals surface area contributed by atoms with Crippen molar-refractivity contribution in [2.24, 2.45) is 0 Å². The van der Waals surface area contributed by atoms with Gasteiger partial charge in [-0.1, -0.05) is 59.6 Å². The molecule has 6 nitrogen and oxygen atoms in total. The summed E-state index contributed by atoms with van der Waals surface area (Å²) in [6.45, 7) is 3.89. The van der Waals surface area contributed by atoms with Gasteiger partial charge in [0.05, 0.1) is 26.7 Å². The van der Waals surface area contributed by atoms with Crippen molar-refractivity contribution in [2.45, 2.75) is 37.7 Å². The van der Waals surface area contributed by atoms with E-state index >= 15 is 0 Å². The molecule has 0 aliphatic carbocycles. The highest BCUT2D eigenvalue weighted by atomic mass is 35.5. The zero-order valence-electron chi connectivity index (χ0n) is 19.6. The second kappa shape index (κ2) is 12.3.